The van der Waals surface area contributed by atoms with Crippen LogP contribution in [-0.2, 0) is 14.3 Å². The number of rotatable bonds is 3. The van der Waals surface area contributed by atoms with E-state index in [1.54, 1.807) is 16.7 Å². The molecular weight excluding hydrogens is 300 g/mol. The lowest BCUT2D eigenvalue weighted by Gasteiger charge is -2.33. The fraction of sp³-hybridized carbons (Fsp3) is 0.500. The molecule has 1 aromatic rings. The number of carbonyl (C=O) groups excluding carboxylic acids is 2. The molecule has 1 saturated heterocycles. The first-order valence-electron chi connectivity index (χ1n) is 7.56. The van der Waals surface area contributed by atoms with Gasteiger partial charge in [0.15, 0.2) is 0 Å². The van der Waals surface area contributed by atoms with Crippen LogP contribution in [0.1, 0.15) is 13.3 Å². The number of anilines is 1. The summed E-state index contributed by atoms with van der Waals surface area (Å²) < 4.78 is 5.46. The lowest BCUT2D eigenvalue weighted by atomic mass is 10.2. The average molecular weight is 320 g/mol. The molecule has 0 N–H and O–H groups in total. The van der Waals surface area contributed by atoms with Crippen molar-refractivity contribution in [2.24, 2.45) is 0 Å². The van der Waals surface area contributed by atoms with E-state index in [4.69, 9.17) is 4.74 Å². The fourth-order valence-corrected chi connectivity index (χ4v) is 3.75. The fourth-order valence-electron chi connectivity index (χ4n) is 2.81. The maximum atomic E-state index is 12.3. The zero-order valence-corrected chi connectivity index (χ0v) is 13.5. The van der Waals surface area contributed by atoms with Crippen LogP contribution in [0.25, 0.3) is 0 Å². The quantitative estimate of drug-likeness (QED) is 0.851. The predicted octanol–water partition coefficient (Wildman–Crippen LogP) is 1.76. The normalized spacial score (nSPS) is 21.7. The molecule has 2 aliphatic rings. The summed E-state index contributed by atoms with van der Waals surface area (Å²) in [7, 11) is 0. The summed E-state index contributed by atoms with van der Waals surface area (Å²) in [5.74, 6) is 0.616. The van der Waals surface area contributed by atoms with E-state index in [1.165, 1.54) is 0 Å². The highest BCUT2D eigenvalue weighted by Gasteiger charge is 2.26. The van der Waals surface area contributed by atoms with Crippen molar-refractivity contribution in [1.29, 1.82) is 0 Å². The Labute approximate surface area is 134 Å². The summed E-state index contributed by atoms with van der Waals surface area (Å²) in [5, 5.41) is 0. The first kappa shape index (κ1) is 15.4. The Hall–Kier alpha value is -1.53. The number of hydrogen-bond acceptors (Lipinski definition) is 4. The molecule has 1 atom stereocenters. The lowest BCUT2D eigenvalue weighted by Crippen LogP contribution is -2.46. The number of carbonyl (C=O) groups is 2. The molecule has 0 bridgehead atoms. The molecule has 3 rings (SSSR count). The van der Waals surface area contributed by atoms with E-state index < -0.39 is 0 Å². The Balaban J connectivity index is 1.63. The number of ether oxygens (including phenoxy) is 1. The minimum absolute atomic E-state index is 0.0758. The van der Waals surface area contributed by atoms with E-state index in [9.17, 15) is 9.59 Å². The zero-order chi connectivity index (χ0) is 15.5. The predicted molar refractivity (Wildman–Crippen MR) is 86.1 cm³/mol. The van der Waals surface area contributed by atoms with Gasteiger partial charge in [-0.2, -0.15) is 0 Å². The highest BCUT2D eigenvalue weighted by atomic mass is 32.2. The van der Waals surface area contributed by atoms with E-state index in [-0.39, 0.29) is 17.9 Å². The Morgan fingerprint density at radius 3 is 3.05 bits per heavy atom. The van der Waals surface area contributed by atoms with Gasteiger partial charge in [0.2, 0.25) is 11.8 Å². The Kier molecular flexibility index (Phi) is 4.69. The van der Waals surface area contributed by atoms with E-state index in [2.05, 4.69) is 0 Å². The molecule has 0 aliphatic carbocycles. The summed E-state index contributed by atoms with van der Waals surface area (Å²) in [6, 6.07) is 7.86. The van der Waals surface area contributed by atoms with Crippen molar-refractivity contribution in [1.82, 2.24) is 4.90 Å². The Morgan fingerprint density at radius 1 is 1.41 bits per heavy atom. The number of hydrogen-bond donors (Lipinski definition) is 0. The minimum Gasteiger partial charge on any atom is -0.375 e. The third-order valence-corrected chi connectivity index (χ3v) is 5.00. The standard InChI is InChI=1S/C16H20N2O3S/c1-12-10-17(8-9-21-12)15(19)6-7-18-13-4-2-3-5-14(13)22-11-16(18)20/h2-5,12H,6-11H2,1H3. The van der Waals surface area contributed by atoms with Gasteiger partial charge < -0.3 is 14.5 Å². The van der Waals surface area contributed by atoms with Crippen molar-refractivity contribution in [3.05, 3.63) is 24.3 Å². The van der Waals surface area contributed by atoms with Gasteiger partial charge in [-0.05, 0) is 19.1 Å². The van der Waals surface area contributed by atoms with Crippen molar-refractivity contribution in [3.63, 3.8) is 0 Å². The van der Waals surface area contributed by atoms with Crippen LogP contribution in [0.4, 0.5) is 5.69 Å². The Morgan fingerprint density at radius 2 is 2.23 bits per heavy atom. The second-order valence-electron chi connectivity index (χ2n) is 5.57. The maximum absolute atomic E-state index is 12.3. The average Bonchev–Trinajstić information content (AvgIpc) is 2.53. The number of amides is 2. The molecule has 2 aliphatic heterocycles. The van der Waals surface area contributed by atoms with Gasteiger partial charge in [0.05, 0.1) is 24.2 Å². The number of para-hydroxylation sites is 1. The van der Waals surface area contributed by atoms with Crippen molar-refractivity contribution < 1.29 is 14.3 Å². The van der Waals surface area contributed by atoms with E-state index in [0.717, 1.165) is 10.6 Å². The molecule has 6 heteroatoms. The zero-order valence-electron chi connectivity index (χ0n) is 12.7. The van der Waals surface area contributed by atoms with Crippen LogP contribution >= 0.6 is 11.8 Å². The molecule has 118 valence electrons. The molecule has 0 spiro atoms. The lowest BCUT2D eigenvalue weighted by molar-refractivity contribution is -0.137. The van der Waals surface area contributed by atoms with Gasteiger partial charge in [-0.25, -0.2) is 0 Å². The summed E-state index contributed by atoms with van der Waals surface area (Å²) in [6.07, 6.45) is 0.448. The molecule has 5 nitrogen and oxygen atoms in total. The molecule has 0 radical (unpaired) electrons. The molecule has 1 aromatic carbocycles. The molecule has 1 fully saturated rings. The summed E-state index contributed by atoms with van der Waals surface area (Å²) in [4.78, 5) is 29.2. The van der Waals surface area contributed by atoms with Crippen LogP contribution in [0.15, 0.2) is 29.2 Å². The van der Waals surface area contributed by atoms with Crippen LogP contribution in [0.5, 0.6) is 0 Å². The smallest absolute Gasteiger partial charge is 0.237 e. The second kappa shape index (κ2) is 6.71. The third-order valence-electron chi connectivity index (χ3n) is 3.95. The first-order valence-corrected chi connectivity index (χ1v) is 8.55. The molecule has 2 heterocycles. The SMILES string of the molecule is CC1CN(C(=O)CCN2C(=O)CSc3ccccc32)CCO1. The largest absolute Gasteiger partial charge is 0.375 e. The Bertz CT molecular complexity index is 578. The maximum Gasteiger partial charge on any atom is 0.237 e. The van der Waals surface area contributed by atoms with Gasteiger partial charge in [-0.3, -0.25) is 9.59 Å². The van der Waals surface area contributed by atoms with Gasteiger partial charge in [-0.15, -0.1) is 11.8 Å². The van der Waals surface area contributed by atoms with Gasteiger partial charge in [0.1, 0.15) is 0 Å². The van der Waals surface area contributed by atoms with E-state index in [1.807, 2.05) is 36.1 Å². The first-order chi connectivity index (χ1) is 10.6. The number of morpholine rings is 1. The van der Waals surface area contributed by atoms with Crippen molar-refractivity contribution in [2.75, 3.05) is 36.9 Å². The summed E-state index contributed by atoms with van der Waals surface area (Å²) in [6.45, 7) is 4.29. The summed E-state index contributed by atoms with van der Waals surface area (Å²) in [5.41, 5.74) is 0.923. The van der Waals surface area contributed by atoms with Crippen LogP contribution in [0.3, 0.4) is 0 Å². The number of fused-ring (bicyclic) bond motifs is 1. The highest BCUT2D eigenvalue weighted by Crippen LogP contribution is 2.34. The molecule has 2 amide bonds. The van der Waals surface area contributed by atoms with Crippen LogP contribution in [0, 0.1) is 0 Å². The molecule has 0 saturated carbocycles. The number of nitrogens with zero attached hydrogens (tertiary/aromatic N) is 2. The van der Waals surface area contributed by atoms with Gasteiger partial charge in [0.25, 0.3) is 0 Å². The summed E-state index contributed by atoms with van der Waals surface area (Å²) >= 11 is 1.56. The van der Waals surface area contributed by atoms with Gasteiger partial charge in [0, 0.05) is 31.0 Å². The third kappa shape index (κ3) is 3.28. The second-order valence-corrected chi connectivity index (χ2v) is 6.59. The minimum atomic E-state index is 0.0758. The van der Waals surface area contributed by atoms with Crippen LogP contribution < -0.4 is 4.90 Å². The number of thioether (sulfide) groups is 1. The molecule has 1 unspecified atom stereocenters. The van der Waals surface area contributed by atoms with Crippen molar-refractivity contribution >= 4 is 29.3 Å². The van der Waals surface area contributed by atoms with Crippen LogP contribution in [-0.4, -0.2) is 54.8 Å². The monoisotopic (exact) mass is 320 g/mol. The van der Waals surface area contributed by atoms with Crippen molar-refractivity contribution in [3.8, 4) is 0 Å². The molecular formula is C16H20N2O3S. The molecule has 0 aromatic heterocycles. The molecule has 22 heavy (non-hydrogen) atoms. The van der Waals surface area contributed by atoms with E-state index >= 15 is 0 Å². The number of benzene rings is 1. The van der Waals surface area contributed by atoms with Gasteiger partial charge >= 0.3 is 0 Å². The van der Waals surface area contributed by atoms with Crippen molar-refractivity contribution in [2.45, 2.75) is 24.3 Å². The van der Waals surface area contributed by atoms with Gasteiger partial charge in [-0.1, -0.05) is 12.1 Å². The highest BCUT2D eigenvalue weighted by molar-refractivity contribution is 8.00. The van der Waals surface area contributed by atoms with E-state index in [0.29, 0.717) is 38.4 Å². The van der Waals surface area contributed by atoms with Crippen LogP contribution in [0.2, 0.25) is 0 Å². The topological polar surface area (TPSA) is 49.9 Å².